The van der Waals surface area contributed by atoms with E-state index in [1.807, 2.05) is 24.3 Å². The molecular weight excluding hydrogens is 525 g/mol. The molecule has 0 saturated carbocycles. The van der Waals surface area contributed by atoms with Crippen molar-refractivity contribution in [3.05, 3.63) is 98.7 Å². The van der Waals surface area contributed by atoms with Gasteiger partial charge in [-0.25, -0.2) is 4.98 Å². The topological polar surface area (TPSA) is 112 Å². The average Bonchev–Trinajstić information content (AvgIpc) is 2.88. The van der Waals surface area contributed by atoms with Gasteiger partial charge in [0, 0.05) is 17.0 Å². The van der Waals surface area contributed by atoms with E-state index in [2.05, 4.69) is 20.5 Å². The van der Waals surface area contributed by atoms with Crippen molar-refractivity contribution in [2.75, 3.05) is 11.9 Å². The Hall–Kier alpha value is -3.98. The fourth-order valence-corrected chi connectivity index (χ4v) is 4.47. The van der Waals surface area contributed by atoms with Crippen LogP contribution in [0.1, 0.15) is 19.4 Å². The minimum atomic E-state index is -0.964. The minimum absolute atomic E-state index is 0.260. The molecule has 192 valence electrons. The lowest BCUT2D eigenvalue weighted by Gasteiger charge is -2.14. The van der Waals surface area contributed by atoms with Gasteiger partial charge >= 0.3 is 0 Å². The molecule has 8 nitrogen and oxygen atoms in total. The molecule has 0 amide bonds. The van der Waals surface area contributed by atoms with Crippen molar-refractivity contribution in [2.45, 2.75) is 19.4 Å². The molecule has 0 atom stereocenters. The summed E-state index contributed by atoms with van der Waals surface area (Å²) in [6.45, 7) is 3.88. The molecule has 0 radical (unpaired) electrons. The number of ether oxygens (including phenoxy) is 1. The van der Waals surface area contributed by atoms with E-state index < -0.39 is 5.60 Å². The van der Waals surface area contributed by atoms with Gasteiger partial charge in [0.25, 0.3) is 5.56 Å². The highest BCUT2D eigenvalue weighted by Gasteiger charge is 2.16. The first-order valence-corrected chi connectivity index (χ1v) is 12.5. The first-order chi connectivity index (χ1) is 18.2. The van der Waals surface area contributed by atoms with Crippen molar-refractivity contribution < 1.29 is 9.84 Å². The maximum Gasteiger partial charge on any atom is 0.256 e. The summed E-state index contributed by atoms with van der Waals surface area (Å²) in [6.07, 6.45) is 10.2. The molecule has 0 fully saturated rings. The van der Waals surface area contributed by atoms with E-state index in [1.165, 1.54) is 6.26 Å². The number of halogens is 2. The van der Waals surface area contributed by atoms with E-state index in [1.54, 1.807) is 56.5 Å². The maximum absolute atomic E-state index is 12.9. The first kappa shape index (κ1) is 25.7. The molecule has 0 unspecified atom stereocenters. The lowest BCUT2D eigenvalue weighted by atomic mass is 10.0. The molecule has 38 heavy (non-hydrogen) atoms. The fourth-order valence-electron chi connectivity index (χ4n) is 3.90. The van der Waals surface area contributed by atoms with Gasteiger partial charge in [0.2, 0.25) is 0 Å². The highest BCUT2D eigenvalue weighted by atomic mass is 35.5. The Morgan fingerprint density at radius 3 is 2.63 bits per heavy atom. The van der Waals surface area contributed by atoms with Gasteiger partial charge in [-0.1, -0.05) is 41.4 Å². The second-order valence-electron chi connectivity index (χ2n) is 9.21. The summed E-state index contributed by atoms with van der Waals surface area (Å²) < 4.78 is 5.20. The Labute approximate surface area is 228 Å². The number of H-pyrrole nitrogens is 1. The van der Waals surface area contributed by atoms with Crippen LogP contribution in [0.3, 0.4) is 0 Å². The van der Waals surface area contributed by atoms with Crippen molar-refractivity contribution in [2.24, 2.45) is 10.2 Å². The van der Waals surface area contributed by atoms with Crippen LogP contribution in [0.5, 0.6) is 0 Å². The number of hydrogen-bond donors (Lipinski definition) is 3. The van der Waals surface area contributed by atoms with E-state index >= 15 is 0 Å². The third-order valence-electron chi connectivity index (χ3n) is 5.66. The molecule has 10 heteroatoms. The minimum Gasteiger partial charge on any atom is -0.495 e. The molecule has 0 saturated heterocycles. The zero-order valence-corrected chi connectivity index (χ0v) is 22.0. The summed E-state index contributed by atoms with van der Waals surface area (Å²) >= 11 is 13.1. The maximum atomic E-state index is 12.9. The van der Waals surface area contributed by atoms with E-state index in [0.717, 1.165) is 5.56 Å². The second kappa shape index (κ2) is 10.4. The number of rotatable bonds is 6. The van der Waals surface area contributed by atoms with Gasteiger partial charge in [-0.15, -0.1) is 5.11 Å². The monoisotopic (exact) mass is 547 g/mol. The lowest BCUT2D eigenvalue weighted by molar-refractivity contribution is 0.134. The van der Waals surface area contributed by atoms with Crippen LogP contribution >= 0.6 is 23.2 Å². The number of benzene rings is 2. The van der Waals surface area contributed by atoms with Crippen LogP contribution in [0.2, 0.25) is 10.0 Å². The molecule has 3 heterocycles. The Balaban J connectivity index is 1.55. The number of allylic oxidation sites excluding steroid dienone is 1. The molecule has 1 aliphatic rings. The van der Waals surface area contributed by atoms with E-state index in [-0.39, 0.29) is 5.56 Å². The van der Waals surface area contributed by atoms with Gasteiger partial charge in [-0.2, -0.15) is 5.11 Å². The number of fused-ring (bicyclic) bond motifs is 3. The number of aromatic nitrogens is 2. The number of anilines is 2. The van der Waals surface area contributed by atoms with Crippen molar-refractivity contribution >= 4 is 68.1 Å². The van der Waals surface area contributed by atoms with E-state index in [4.69, 9.17) is 32.9 Å². The number of azo groups is 1. The predicted molar refractivity (Wildman–Crippen MR) is 153 cm³/mol. The Morgan fingerprint density at radius 2 is 1.92 bits per heavy atom. The number of aromatic amines is 1. The van der Waals surface area contributed by atoms with Gasteiger partial charge in [-0.3, -0.25) is 4.79 Å². The predicted octanol–water partition coefficient (Wildman–Crippen LogP) is 7.42. The molecule has 2 aromatic heterocycles. The zero-order valence-electron chi connectivity index (χ0n) is 20.5. The highest BCUT2D eigenvalue weighted by Crippen LogP contribution is 2.39. The van der Waals surface area contributed by atoms with E-state index in [0.29, 0.717) is 61.2 Å². The zero-order chi connectivity index (χ0) is 26.9. The number of nitrogens with one attached hydrogen (secondary N) is 2. The molecular formula is C28H23Cl2N5O3. The summed E-state index contributed by atoms with van der Waals surface area (Å²) in [5.41, 5.74) is 1.66. The number of hydrogen-bond acceptors (Lipinski definition) is 7. The molecule has 4 aromatic rings. The van der Waals surface area contributed by atoms with Gasteiger partial charge in [0.05, 0.1) is 37.9 Å². The fraction of sp³-hybridized carbons (Fsp3) is 0.143. The lowest BCUT2D eigenvalue weighted by Crippen LogP contribution is -2.13. The van der Waals surface area contributed by atoms with Gasteiger partial charge in [0.15, 0.2) is 0 Å². The largest absolute Gasteiger partial charge is 0.495 e. The summed E-state index contributed by atoms with van der Waals surface area (Å²) in [4.78, 5) is 20.5. The quantitative estimate of drug-likeness (QED) is 0.171. The molecule has 3 N–H and O–H groups in total. The normalized spacial score (nSPS) is 14.0. The van der Waals surface area contributed by atoms with Crippen LogP contribution in [0.15, 0.2) is 87.8 Å². The van der Waals surface area contributed by atoms with Crippen LogP contribution in [0, 0.1) is 0 Å². The van der Waals surface area contributed by atoms with Crippen LogP contribution in [-0.2, 0) is 4.74 Å². The molecule has 5 rings (SSSR count). The van der Waals surface area contributed by atoms with E-state index in [9.17, 15) is 9.90 Å². The van der Waals surface area contributed by atoms with Crippen molar-refractivity contribution in [1.29, 1.82) is 0 Å². The number of nitrogens with zero attached hydrogens (tertiary/aromatic N) is 3. The second-order valence-corrected chi connectivity index (χ2v) is 10.0. The Bertz CT molecular complexity index is 1710. The first-order valence-electron chi connectivity index (χ1n) is 11.7. The molecule has 0 aliphatic carbocycles. The molecule has 0 bridgehead atoms. The Kier molecular flexibility index (Phi) is 7.03. The standard InChI is InChI=1S/C28H23Cl2N5O3/c1-28(2,37)9-7-16-5-6-23-20(12-16)24-19(8-10-31-27(24)36)26(32-23)33-25-21(29)13-18(14-22(25)30)35-34-17-4-3-11-38-15-17/h3-10,12-15,37H,11H2,1-2H3,(H,31,36)(H,32,33)/b9-7+,35-34?. The third-order valence-corrected chi connectivity index (χ3v) is 6.25. The number of pyridine rings is 2. The van der Waals surface area contributed by atoms with Crippen LogP contribution in [-0.4, -0.2) is 27.3 Å². The van der Waals surface area contributed by atoms with Gasteiger partial charge < -0.3 is 20.1 Å². The summed E-state index contributed by atoms with van der Waals surface area (Å²) in [6, 6.07) is 10.6. The van der Waals surface area contributed by atoms with Crippen LogP contribution in [0.25, 0.3) is 27.8 Å². The smallest absolute Gasteiger partial charge is 0.256 e. The van der Waals surface area contributed by atoms with Crippen molar-refractivity contribution in [3.63, 3.8) is 0 Å². The summed E-state index contributed by atoms with van der Waals surface area (Å²) in [7, 11) is 0. The number of aliphatic hydroxyl groups is 1. The van der Waals surface area contributed by atoms with Gasteiger partial charge in [0.1, 0.15) is 24.4 Å². The van der Waals surface area contributed by atoms with Crippen LogP contribution in [0.4, 0.5) is 17.2 Å². The Morgan fingerprint density at radius 1 is 1.13 bits per heavy atom. The van der Waals surface area contributed by atoms with Crippen molar-refractivity contribution in [3.8, 4) is 0 Å². The molecule has 2 aromatic carbocycles. The SMILES string of the molecule is CC(C)(O)/C=C/c1ccc2nc(Nc3c(Cl)cc(N=NC4=COCC=C4)cc3Cl)c3cc[nH]c(=O)c3c2c1. The summed E-state index contributed by atoms with van der Waals surface area (Å²) in [5.74, 6) is 0.422. The highest BCUT2D eigenvalue weighted by molar-refractivity contribution is 6.39. The average molecular weight is 548 g/mol. The summed E-state index contributed by atoms with van der Waals surface area (Å²) in [5, 5.41) is 23.9. The van der Waals surface area contributed by atoms with Gasteiger partial charge in [-0.05, 0) is 61.9 Å². The molecule has 0 spiro atoms. The van der Waals surface area contributed by atoms with Crippen LogP contribution < -0.4 is 10.9 Å². The van der Waals surface area contributed by atoms with Crippen molar-refractivity contribution in [1.82, 2.24) is 9.97 Å². The third kappa shape index (κ3) is 5.62. The molecule has 1 aliphatic heterocycles.